The summed E-state index contributed by atoms with van der Waals surface area (Å²) in [7, 11) is 1.44. The highest BCUT2D eigenvalue weighted by Crippen LogP contribution is 2.22. The molecule has 0 aromatic heterocycles. The molecule has 0 saturated carbocycles. The van der Waals surface area contributed by atoms with Crippen molar-refractivity contribution in [2.24, 2.45) is 0 Å². The van der Waals surface area contributed by atoms with Gasteiger partial charge in [-0.25, -0.2) is 9.59 Å². The summed E-state index contributed by atoms with van der Waals surface area (Å²) in [5, 5.41) is 9.19. The first-order valence-electron chi connectivity index (χ1n) is 6.36. The fourth-order valence-electron chi connectivity index (χ4n) is 2.31. The van der Waals surface area contributed by atoms with Gasteiger partial charge in [-0.3, -0.25) is 4.90 Å². The summed E-state index contributed by atoms with van der Waals surface area (Å²) in [6.45, 7) is 0.448. The second-order valence-electron chi connectivity index (χ2n) is 4.58. The molecule has 1 aromatic rings. The number of hydrogen-bond donors (Lipinski definition) is 1. The average molecular weight is 279 g/mol. The van der Waals surface area contributed by atoms with Crippen molar-refractivity contribution in [2.75, 3.05) is 13.7 Å². The monoisotopic (exact) mass is 279 g/mol. The molecule has 1 fully saturated rings. The van der Waals surface area contributed by atoms with Crippen molar-refractivity contribution in [1.82, 2.24) is 4.90 Å². The molecule has 6 heteroatoms. The van der Waals surface area contributed by atoms with Crippen molar-refractivity contribution < 1.29 is 24.2 Å². The minimum Gasteiger partial charge on any atom is -0.480 e. The van der Waals surface area contributed by atoms with Crippen LogP contribution in [0.15, 0.2) is 30.3 Å². The molecule has 0 aliphatic carbocycles. The fraction of sp³-hybridized carbons (Fsp3) is 0.429. The van der Waals surface area contributed by atoms with Gasteiger partial charge in [0.15, 0.2) is 6.04 Å². The lowest BCUT2D eigenvalue weighted by Gasteiger charge is -2.23. The molecule has 20 heavy (non-hydrogen) atoms. The van der Waals surface area contributed by atoms with Crippen LogP contribution in [0.4, 0.5) is 4.79 Å². The van der Waals surface area contributed by atoms with Gasteiger partial charge in [0.1, 0.15) is 6.61 Å². The Morgan fingerprint density at radius 2 is 2.05 bits per heavy atom. The topological polar surface area (TPSA) is 76.1 Å². The largest absolute Gasteiger partial charge is 0.480 e. The van der Waals surface area contributed by atoms with Crippen LogP contribution in [-0.4, -0.2) is 47.9 Å². The minimum absolute atomic E-state index is 0.125. The Labute approximate surface area is 116 Å². The number of benzene rings is 1. The molecule has 1 aromatic carbocycles. The summed E-state index contributed by atoms with van der Waals surface area (Å²) in [5.41, 5.74) is 0.857. The third kappa shape index (κ3) is 3.08. The maximum absolute atomic E-state index is 12.0. The van der Waals surface area contributed by atoms with Gasteiger partial charge >= 0.3 is 12.1 Å². The highest BCUT2D eigenvalue weighted by atomic mass is 16.6. The van der Waals surface area contributed by atoms with Gasteiger partial charge < -0.3 is 14.6 Å². The van der Waals surface area contributed by atoms with E-state index in [1.807, 2.05) is 30.3 Å². The van der Waals surface area contributed by atoms with Gasteiger partial charge in [0.25, 0.3) is 0 Å². The third-order valence-corrected chi connectivity index (χ3v) is 3.34. The van der Waals surface area contributed by atoms with E-state index in [0.29, 0.717) is 13.0 Å². The Balaban J connectivity index is 1.96. The van der Waals surface area contributed by atoms with E-state index in [1.165, 1.54) is 12.0 Å². The van der Waals surface area contributed by atoms with E-state index in [9.17, 15) is 14.7 Å². The molecule has 1 aliphatic rings. The van der Waals surface area contributed by atoms with Crippen LogP contribution in [0.2, 0.25) is 0 Å². The number of aliphatic carboxylic acids is 1. The molecule has 0 spiro atoms. The summed E-state index contributed by atoms with van der Waals surface area (Å²) in [6.07, 6.45) is -0.619. The second kappa shape index (κ2) is 6.38. The lowest BCUT2D eigenvalue weighted by atomic mass is 10.2. The van der Waals surface area contributed by atoms with Crippen LogP contribution < -0.4 is 0 Å². The van der Waals surface area contributed by atoms with E-state index in [4.69, 9.17) is 9.47 Å². The summed E-state index contributed by atoms with van der Waals surface area (Å²) >= 11 is 0. The molecule has 1 amide bonds. The molecule has 1 N–H and O–H groups in total. The Morgan fingerprint density at radius 1 is 1.35 bits per heavy atom. The number of ether oxygens (including phenoxy) is 2. The van der Waals surface area contributed by atoms with Crippen LogP contribution in [0.5, 0.6) is 0 Å². The molecule has 1 saturated heterocycles. The van der Waals surface area contributed by atoms with E-state index in [-0.39, 0.29) is 6.61 Å². The van der Waals surface area contributed by atoms with Crippen molar-refractivity contribution in [3.63, 3.8) is 0 Å². The number of carboxylic acid groups (broad SMARTS) is 1. The number of carboxylic acids is 1. The van der Waals surface area contributed by atoms with E-state index < -0.39 is 24.2 Å². The number of nitrogens with zero attached hydrogens (tertiary/aromatic N) is 1. The highest BCUT2D eigenvalue weighted by molar-refractivity contribution is 5.81. The predicted octanol–water partition coefficient (Wildman–Crippen LogP) is 1.50. The van der Waals surface area contributed by atoms with Crippen molar-refractivity contribution in [1.29, 1.82) is 0 Å². The van der Waals surface area contributed by atoms with Gasteiger partial charge in [-0.05, 0) is 12.0 Å². The summed E-state index contributed by atoms with van der Waals surface area (Å²) < 4.78 is 10.3. The molecule has 2 unspecified atom stereocenters. The molecule has 2 rings (SSSR count). The number of likely N-dealkylation sites (tertiary alicyclic amines) is 1. The third-order valence-electron chi connectivity index (χ3n) is 3.34. The van der Waals surface area contributed by atoms with Gasteiger partial charge in [-0.15, -0.1) is 0 Å². The van der Waals surface area contributed by atoms with Crippen LogP contribution in [0.1, 0.15) is 12.0 Å². The average Bonchev–Trinajstić information content (AvgIpc) is 2.90. The number of rotatable bonds is 4. The first-order chi connectivity index (χ1) is 9.63. The summed E-state index contributed by atoms with van der Waals surface area (Å²) in [6, 6.07) is 8.26. The number of carbonyl (C=O) groups excluding carboxylic acids is 1. The van der Waals surface area contributed by atoms with Crippen LogP contribution in [0, 0.1) is 0 Å². The second-order valence-corrected chi connectivity index (χ2v) is 4.58. The van der Waals surface area contributed by atoms with Gasteiger partial charge in [0.05, 0.1) is 6.10 Å². The Morgan fingerprint density at radius 3 is 2.65 bits per heavy atom. The molecular formula is C14H17NO5. The molecule has 2 atom stereocenters. The zero-order valence-corrected chi connectivity index (χ0v) is 11.2. The van der Waals surface area contributed by atoms with Crippen LogP contribution in [0.25, 0.3) is 0 Å². The highest BCUT2D eigenvalue weighted by Gasteiger charge is 2.43. The van der Waals surface area contributed by atoms with E-state index in [0.717, 1.165) is 5.56 Å². The standard InChI is InChI=1S/C14H17NO5/c1-19-11-7-8-15(12(11)13(16)17)14(18)20-9-10-5-3-2-4-6-10/h2-6,11-12H,7-9H2,1H3,(H,16,17). The number of amides is 1. The van der Waals surface area contributed by atoms with Gasteiger partial charge in [0, 0.05) is 13.7 Å². The number of carbonyl (C=O) groups is 2. The van der Waals surface area contributed by atoms with Gasteiger partial charge in [0.2, 0.25) is 0 Å². The van der Waals surface area contributed by atoms with Crippen molar-refractivity contribution in [3.8, 4) is 0 Å². The zero-order chi connectivity index (χ0) is 14.5. The van der Waals surface area contributed by atoms with E-state index in [2.05, 4.69) is 0 Å². The molecule has 0 radical (unpaired) electrons. The molecule has 108 valence electrons. The first-order valence-corrected chi connectivity index (χ1v) is 6.36. The van der Waals surface area contributed by atoms with Gasteiger partial charge in [-0.2, -0.15) is 0 Å². The van der Waals surface area contributed by atoms with E-state index in [1.54, 1.807) is 0 Å². The molecule has 0 bridgehead atoms. The first kappa shape index (κ1) is 14.3. The quantitative estimate of drug-likeness (QED) is 0.903. The van der Waals surface area contributed by atoms with Gasteiger partial charge in [-0.1, -0.05) is 30.3 Å². The van der Waals surface area contributed by atoms with Crippen LogP contribution >= 0.6 is 0 Å². The fourth-order valence-corrected chi connectivity index (χ4v) is 2.31. The summed E-state index contributed by atoms with van der Waals surface area (Å²) in [4.78, 5) is 24.4. The Bertz CT molecular complexity index is 476. The van der Waals surface area contributed by atoms with Crippen LogP contribution in [0.3, 0.4) is 0 Å². The lowest BCUT2D eigenvalue weighted by molar-refractivity contribution is -0.145. The Kier molecular flexibility index (Phi) is 4.57. The van der Waals surface area contributed by atoms with Crippen molar-refractivity contribution >= 4 is 12.1 Å². The minimum atomic E-state index is -1.08. The van der Waals surface area contributed by atoms with Crippen molar-refractivity contribution in [2.45, 2.75) is 25.2 Å². The maximum Gasteiger partial charge on any atom is 0.410 e. The molecule has 1 heterocycles. The smallest absolute Gasteiger partial charge is 0.410 e. The SMILES string of the molecule is COC1CCN(C(=O)OCc2ccccc2)C1C(=O)O. The molecular weight excluding hydrogens is 262 g/mol. The van der Waals surface area contributed by atoms with E-state index >= 15 is 0 Å². The Hall–Kier alpha value is -2.08. The normalized spacial score (nSPS) is 21.8. The molecule has 1 aliphatic heterocycles. The predicted molar refractivity (Wildman–Crippen MR) is 70.2 cm³/mol. The number of hydrogen-bond acceptors (Lipinski definition) is 4. The zero-order valence-electron chi connectivity index (χ0n) is 11.2. The van der Waals surface area contributed by atoms with Crippen molar-refractivity contribution in [3.05, 3.63) is 35.9 Å². The summed E-state index contributed by atoms with van der Waals surface area (Å²) in [5.74, 6) is -1.08. The lowest BCUT2D eigenvalue weighted by Crippen LogP contribution is -2.45. The molecule has 6 nitrogen and oxygen atoms in total. The van der Waals surface area contributed by atoms with Crippen LogP contribution in [-0.2, 0) is 20.9 Å². The maximum atomic E-state index is 12.0. The number of methoxy groups -OCH3 is 1.